The summed E-state index contributed by atoms with van der Waals surface area (Å²) in [5, 5.41) is 15.9. The lowest BCUT2D eigenvalue weighted by Crippen LogP contribution is -2.14. The van der Waals surface area contributed by atoms with E-state index in [0.717, 1.165) is 4.47 Å². The number of rotatable bonds is 4. The molecule has 4 aromatic rings. The molecule has 0 atom stereocenters. The maximum Gasteiger partial charge on any atom is 0.277 e. The molecule has 0 unspecified atom stereocenters. The van der Waals surface area contributed by atoms with Gasteiger partial charge in [-0.05, 0) is 49.4 Å². The molecule has 0 saturated carbocycles. The Balaban J connectivity index is 1.80. The smallest absolute Gasteiger partial charge is 0.277 e. The number of aryl methyl sites for hydroxylation is 1. The van der Waals surface area contributed by atoms with E-state index < -0.39 is 11.7 Å². The average molecular weight is 450 g/mol. The summed E-state index contributed by atoms with van der Waals surface area (Å²) >= 11 is 3.39. The Morgan fingerprint density at radius 1 is 1.14 bits per heavy atom. The van der Waals surface area contributed by atoms with Crippen LogP contribution < -0.4 is 5.32 Å². The molecule has 1 amide bonds. The van der Waals surface area contributed by atoms with Crippen molar-refractivity contribution in [3.05, 3.63) is 81.3 Å². The fourth-order valence-corrected chi connectivity index (χ4v) is 3.19. The van der Waals surface area contributed by atoms with Crippen molar-refractivity contribution in [2.45, 2.75) is 6.92 Å². The third kappa shape index (κ3) is 3.56. The van der Waals surface area contributed by atoms with Crippen molar-refractivity contribution in [1.82, 2.24) is 5.16 Å². The molecule has 4 rings (SSSR count). The minimum absolute atomic E-state index is 0.0172. The Labute approximate surface area is 173 Å². The molecule has 29 heavy (non-hydrogen) atoms. The molecule has 7 nitrogen and oxygen atoms in total. The van der Waals surface area contributed by atoms with Crippen LogP contribution in [0.3, 0.4) is 0 Å². The number of anilines is 1. The number of nitriles is 1. The number of hydrogen-bond donors (Lipinski definition) is 1. The molecule has 0 bridgehead atoms. The van der Waals surface area contributed by atoms with E-state index in [1.54, 1.807) is 37.3 Å². The number of nitrogens with zero attached hydrogens (tertiary/aromatic N) is 2. The fourth-order valence-electron chi connectivity index (χ4n) is 2.83. The number of furan rings is 1. The van der Waals surface area contributed by atoms with Gasteiger partial charge in [-0.25, -0.2) is 0 Å². The van der Waals surface area contributed by atoms with Crippen LogP contribution in [-0.4, -0.2) is 16.8 Å². The topological polar surface area (TPSA) is 109 Å². The van der Waals surface area contributed by atoms with Crippen LogP contribution in [-0.2, 0) is 0 Å². The largest absolute Gasteiger partial charge is 0.450 e. The van der Waals surface area contributed by atoms with Gasteiger partial charge in [0.15, 0.2) is 11.5 Å². The van der Waals surface area contributed by atoms with Crippen molar-refractivity contribution in [2.24, 2.45) is 0 Å². The van der Waals surface area contributed by atoms with Crippen molar-refractivity contribution < 1.29 is 18.5 Å². The van der Waals surface area contributed by atoms with Crippen LogP contribution in [0.1, 0.15) is 37.9 Å². The van der Waals surface area contributed by atoms with E-state index in [1.165, 1.54) is 18.2 Å². The van der Waals surface area contributed by atoms with Crippen LogP contribution in [0.2, 0.25) is 0 Å². The van der Waals surface area contributed by atoms with E-state index in [9.17, 15) is 9.59 Å². The van der Waals surface area contributed by atoms with Crippen molar-refractivity contribution in [1.29, 1.82) is 5.26 Å². The standard InChI is InChI=1S/C21H12BrN3O4/c1-11-8-16(25-29-11)21(27)24-18-15-9-14(22)6-7-17(15)28-20(18)19(26)13-4-2-12(10-23)3-5-13/h2-9H,1H3,(H,24,27). The highest BCUT2D eigenvalue weighted by molar-refractivity contribution is 9.10. The van der Waals surface area contributed by atoms with Crippen molar-refractivity contribution in [2.75, 3.05) is 5.32 Å². The fraction of sp³-hybridized carbons (Fsp3) is 0.0476. The van der Waals surface area contributed by atoms with Crippen molar-refractivity contribution in [3.8, 4) is 6.07 Å². The van der Waals surface area contributed by atoms with Gasteiger partial charge in [0.05, 0.1) is 17.3 Å². The minimum atomic E-state index is -0.529. The number of ketones is 1. The lowest BCUT2D eigenvalue weighted by Gasteiger charge is -2.04. The van der Waals surface area contributed by atoms with Gasteiger partial charge in [0.1, 0.15) is 11.3 Å². The Morgan fingerprint density at radius 3 is 2.55 bits per heavy atom. The molecule has 0 spiro atoms. The molecule has 2 aromatic heterocycles. The van der Waals surface area contributed by atoms with Crippen LogP contribution >= 0.6 is 15.9 Å². The monoisotopic (exact) mass is 449 g/mol. The number of carbonyl (C=O) groups is 2. The summed E-state index contributed by atoms with van der Waals surface area (Å²) in [5.74, 6) is -0.480. The van der Waals surface area contributed by atoms with Gasteiger partial charge in [0.2, 0.25) is 5.78 Å². The van der Waals surface area contributed by atoms with Gasteiger partial charge >= 0.3 is 0 Å². The maximum absolute atomic E-state index is 13.1. The summed E-state index contributed by atoms with van der Waals surface area (Å²) in [6.07, 6.45) is 0. The van der Waals surface area contributed by atoms with E-state index in [2.05, 4.69) is 26.4 Å². The zero-order valence-electron chi connectivity index (χ0n) is 15.0. The Kier molecular flexibility index (Phi) is 4.74. The van der Waals surface area contributed by atoms with Crippen LogP contribution in [0.25, 0.3) is 11.0 Å². The Hall–Kier alpha value is -3.70. The first-order chi connectivity index (χ1) is 14.0. The van der Waals surface area contributed by atoms with Gasteiger partial charge in [-0.2, -0.15) is 5.26 Å². The highest BCUT2D eigenvalue weighted by atomic mass is 79.9. The molecule has 0 fully saturated rings. The maximum atomic E-state index is 13.1. The SMILES string of the molecule is Cc1cc(C(=O)Nc2c(C(=O)c3ccc(C#N)cc3)oc3ccc(Br)cc23)no1. The van der Waals surface area contributed by atoms with Crippen molar-refractivity contribution >= 4 is 44.3 Å². The van der Waals surface area contributed by atoms with E-state index in [1.807, 2.05) is 6.07 Å². The second-order valence-electron chi connectivity index (χ2n) is 6.24. The Bertz CT molecular complexity index is 1300. The molecule has 0 aliphatic carbocycles. The van der Waals surface area contributed by atoms with E-state index in [0.29, 0.717) is 27.9 Å². The molecule has 1 N–H and O–H groups in total. The van der Waals surface area contributed by atoms with Crippen LogP contribution in [0.4, 0.5) is 5.69 Å². The summed E-state index contributed by atoms with van der Waals surface area (Å²) in [6, 6.07) is 14.9. The highest BCUT2D eigenvalue weighted by Crippen LogP contribution is 2.34. The third-order valence-electron chi connectivity index (χ3n) is 4.23. The summed E-state index contributed by atoms with van der Waals surface area (Å²) in [6.45, 7) is 1.67. The molecule has 0 aliphatic heterocycles. The lowest BCUT2D eigenvalue weighted by molar-refractivity contribution is 0.101. The van der Waals surface area contributed by atoms with E-state index in [4.69, 9.17) is 14.2 Å². The second kappa shape index (κ2) is 7.37. The van der Waals surface area contributed by atoms with Crippen molar-refractivity contribution in [3.63, 3.8) is 0 Å². The van der Waals surface area contributed by atoms with Gasteiger partial charge in [-0.15, -0.1) is 0 Å². The van der Waals surface area contributed by atoms with Gasteiger partial charge in [-0.3, -0.25) is 9.59 Å². The molecule has 0 saturated heterocycles. The number of amides is 1. The molecule has 142 valence electrons. The molecule has 8 heteroatoms. The minimum Gasteiger partial charge on any atom is -0.450 e. The zero-order valence-corrected chi connectivity index (χ0v) is 16.6. The molecule has 2 aromatic carbocycles. The quantitative estimate of drug-likeness (QED) is 0.446. The molecule has 2 heterocycles. The zero-order chi connectivity index (χ0) is 20.5. The highest BCUT2D eigenvalue weighted by Gasteiger charge is 2.25. The van der Waals surface area contributed by atoms with E-state index in [-0.39, 0.29) is 17.1 Å². The number of benzene rings is 2. The predicted molar refractivity (Wildman–Crippen MR) is 108 cm³/mol. The third-order valence-corrected chi connectivity index (χ3v) is 4.72. The second-order valence-corrected chi connectivity index (χ2v) is 7.16. The number of halogens is 1. The Morgan fingerprint density at radius 2 is 1.90 bits per heavy atom. The summed E-state index contributed by atoms with van der Waals surface area (Å²) in [5.41, 5.74) is 1.53. The number of hydrogen-bond acceptors (Lipinski definition) is 6. The van der Waals surface area contributed by atoms with Gasteiger partial charge in [0, 0.05) is 21.5 Å². The number of fused-ring (bicyclic) bond motifs is 1. The van der Waals surface area contributed by atoms with Crippen LogP contribution in [0.5, 0.6) is 0 Å². The van der Waals surface area contributed by atoms with Gasteiger partial charge in [0.25, 0.3) is 5.91 Å². The number of aromatic nitrogens is 1. The summed E-state index contributed by atoms with van der Waals surface area (Å²) < 4.78 is 11.5. The van der Waals surface area contributed by atoms with Crippen LogP contribution in [0.15, 0.2) is 61.9 Å². The summed E-state index contributed by atoms with van der Waals surface area (Å²) in [7, 11) is 0. The first-order valence-electron chi connectivity index (χ1n) is 8.48. The van der Waals surface area contributed by atoms with Gasteiger partial charge < -0.3 is 14.3 Å². The summed E-state index contributed by atoms with van der Waals surface area (Å²) in [4.78, 5) is 25.7. The van der Waals surface area contributed by atoms with E-state index >= 15 is 0 Å². The lowest BCUT2D eigenvalue weighted by atomic mass is 10.1. The number of nitrogens with one attached hydrogen (secondary N) is 1. The molecular weight excluding hydrogens is 438 g/mol. The molecule has 0 aliphatic rings. The number of carbonyl (C=O) groups excluding carboxylic acids is 2. The first kappa shape index (κ1) is 18.7. The van der Waals surface area contributed by atoms with Gasteiger partial charge in [-0.1, -0.05) is 21.1 Å². The van der Waals surface area contributed by atoms with Crippen LogP contribution in [0, 0.1) is 18.3 Å². The normalized spacial score (nSPS) is 10.7. The molecular formula is C21H12BrN3O4. The molecule has 0 radical (unpaired) electrons. The average Bonchev–Trinajstić information content (AvgIpc) is 3.31. The predicted octanol–water partition coefficient (Wildman–Crippen LogP) is 4.85. The first-order valence-corrected chi connectivity index (χ1v) is 9.27.